The number of ether oxygens (including phenoxy) is 2. The summed E-state index contributed by atoms with van der Waals surface area (Å²) in [4.78, 5) is 11.3. The lowest BCUT2D eigenvalue weighted by molar-refractivity contribution is 0.0353. The fraction of sp³-hybridized carbons (Fsp3) is 0.556. The average molecular weight is 239 g/mol. The lowest BCUT2D eigenvalue weighted by Gasteiger charge is -2.22. The molecular formula is C9H13N5O3. The van der Waals surface area contributed by atoms with Crippen LogP contribution in [0, 0.1) is 0 Å². The highest BCUT2D eigenvalue weighted by Gasteiger charge is 2.14. The van der Waals surface area contributed by atoms with Gasteiger partial charge in [-0.25, -0.2) is 4.79 Å². The molecule has 1 aliphatic heterocycles. The summed E-state index contributed by atoms with van der Waals surface area (Å²) in [6.07, 6.45) is 1.43. The zero-order valence-corrected chi connectivity index (χ0v) is 9.42. The highest BCUT2D eigenvalue weighted by atomic mass is 16.5. The van der Waals surface area contributed by atoms with Gasteiger partial charge in [0, 0.05) is 0 Å². The maximum atomic E-state index is 11.3. The number of aromatic amines is 1. The van der Waals surface area contributed by atoms with Gasteiger partial charge in [0.1, 0.15) is 5.69 Å². The van der Waals surface area contributed by atoms with E-state index in [1.165, 1.54) is 13.3 Å². The summed E-state index contributed by atoms with van der Waals surface area (Å²) in [5.74, 6) is -0.515. The smallest absolute Gasteiger partial charge is 0.358 e. The monoisotopic (exact) mass is 239 g/mol. The van der Waals surface area contributed by atoms with Crippen molar-refractivity contribution >= 4 is 11.7 Å². The molecule has 0 spiro atoms. The van der Waals surface area contributed by atoms with E-state index in [1.54, 1.807) is 5.01 Å². The number of morpholine rings is 1. The molecule has 1 aliphatic rings. The van der Waals surface area contributed by atoms with Crippen LogP contribution in [0.25, 0.3) is 0 Å². The predicted molar refractivity (Wildman–Crippen MR) is 56.8 cm³/mol. The Morgan fingerprint density at radius 1 is 1.59 bits per heavy atom. The molecule has 8 heteroatoms. The minimum Gasteiger partial charge on any atom is -0.464 e. The average Bonchev–Trinajstić information content (AvgIpc) is 2.85. The van der Waals surface area contributed by atoms with Crippen molar-refractivity contribution in [2.75, 3.05) is 33.4 Å². The third-order valence-electron chi connectivity index (χ3n) is 2.28. The molecule has 1 N–H and O–H groups in total. The standard InChI is InChI=1S/C9H13N5O3/c1-16-9(15)8-7(6-10-12-8)11-13-14-2-4-17-5-3-14/h6H,2-5H2,1H3,(H,10,12). The molecule has 1 fully saturated rings. The zero-order chi connectivity index (χ0) is 12.1. The molecule has 2 heterocycles. The molecular weight excluding hydrogens is 226 g/mol. The van der Waals surface area contributed by atoms with Crippen LogP contribution in [0.2, 0.25) is 0 Å². The molecule has 0 aliphatic carbocycles. The van der Waals surface area contributed by atoms with Gasteiger partial charge in [-0.1, -0.05) is 5.22 Å². The van der Waals surface area contributed by atoms with E-state index in [0.29, 0.717) is 32.0 Å². The molecule has 1 aromatic heterocycles. The molecule has 0 atom stereocenters. The van der Waals surface area contributed by atoms with Gasteiger partial charge in [-0.3, -0.25) is 10.1 Å². The van der Waals surface area contributed by atoms with Crippen molar-refractivity contribution in [1.29, 1.82) is 0 Å². The number of hydrogen-bond donors (Lipinski definition) is 1. The summed E-state index contributed by atoms with van der Waals surface area (Å²) in [6, 6.07) is 0. The summed E-state index contributed by atoms with van der Waals surface area (Å²) in [5, 5.41) is 16.0. The van der Waals surface area contributed by atoms with E-state index in [-0.39, 0.29) is 5.69 Å². The van der Waals surface area contributed by atoms with E-state index in [9.17, 15) is 4.79 Å². The molecule has 2 rings (SSSR count). The predicted octanol–water partition coefficient (Wildman–Crippen LogP) is 0.527. The molecule has 17 heavy (non-hydrogen) atoms. The SMILES string of the molecule is COC(=O)c1[nH]ncc1N=NN1CCOCC1. The van der Waals surface area contributed by atoms with Crippen molar-refractivity contribution in [3.63, 3.8) is 0 Å². The first-order chi connectivity index (χ1) is 8.31. The lowest BCUT2D eigenvalue weighted by atomic mass is 10.4. The second-order valence-electron chi connectivity index (χ2n) is 3.38. The van der Waals surface area contributed by atoms with Crippen molar-refractivity contribution in [2.24, 2.45) is 10.3 Å². The normalized spacial score (nSPS) is 16.4. The van der Waals surface area contributed by atoms with Gasteiger partial charge < -0.3 is 9.47 Å². The summed E-state index contributed by atoms with van der Waals surface area (Å²) in [7, 11) is 1.30. The molecule has 92 valence electrons. The number of hydrogen-bond acceptors (Lipinski definition) is 6. The van der Waals surface area contributed by atoms with Crippen molar-refractivity contribution < 1.29 is 14.3 Å². The number of methoxy groups -OCH3 is 1. The Kier molecular flexibility index (Phi) is 3.66. The summed E-state index contributed by atoms with van der Waals surface area (Å²) in [5.41, 5.74) is 0.563. The van der Waals surface area contributed by atoms with Crippen LogP contribution in [0.4, 0.5) is 5.69 Å². The molecule has 0 unspecified atom stereocenters. The van der Waals surface area contributed by atoms with Gasteiger partial charge in [0.2, 0.25) is 0 Å². The molecule has 0 saturated carbocycles. The second kappa shape index (κ2) is 5.39. The van der Waals surface area contributed by atoms with E-state index < -0.39 is 5.97 Å². The van der Waals surface area contributed by atoms with Crippen LogP contribution in [-0.4, -0.2) is 54.6 Å². The number of carbonyl (C=O) groups excluding carboxylic acids is 1. The molecule has 8 nitrogen and oxygen atoms in total. The first-order valence-corrected chi connectivity index (χ1v) is 5.17. The Morgan fingerprint density at radius 2 is 2.35 bits per heavy atom. The Labute approximate surface area is 97.6 Å². The van der Waals surface area contributed by atoms with Gasteiger partial charge in [0.05, 0.1) is 39.6 Å². The van der Waals surface area contributed by atoms with Crippen molar-refractivity contribution in [3.05, 3.63) is 11.9 Å². The van der Waals surface area contributed by atoms with Crippen LogP contribution < -0.4 is 0 Å². The summed E-state index contributed by atoms with van der Waals surface area (Å²) >= 11 is 0. The van der Waals surface area contributed by atoms with Crippen LogP contribution >= 0.6 is 0 Å². The van der Waals surface area contributed by atoms with Gasteiger partial charge >= 0.3 is 5.97 Å². The van der Waals surface area contributed by atoms with Crippen LogP contribution in [0.15, 0.2) is 16.5 Å². The molecule has 0 aromatic carbocycles. The van der Waals surface area contributed by atoms with Gasteiger partial charge in [0.25, 0.3) is 0 Å². The van der Waals surface area contributed by atoms with Gasteiger partial charge in [-0.05, 0) is 0 Å². The zero-order valence-electron chi connectivity index (χ0n) is 9.42. The van der Waals surface area contributed by atoms with Gasteiger partial charge in [-0.15, -0.1) is 5.11 Å². The van der Waals surface area contributed by atoms with Gasteiger partial charge in [0.15, 0.2) is 5.69 Å². The van der Waals surface area contributed by atoms with E-state index in [1.807, 2.05) is 0 Å². The number of aromatic nitrogens is 2. The Balaban J connectivity index is 2.04. The first kappa shape index (κ1) is 11.5. The molecule has 0 radical (unpaired) electrons. The quantitative estimate of drug-likeness (QED) is 0.613. The second-order valence-corrected chi connectivity index (χ2v) is 3.38. The molecule has 0 amide bonds. The van der Waals surface area contributed by atoms with E-state index in [0.717, 1.165) is 0 Å². The van der Waals surface area contributed by atoms with Crippen LogP contribution in [0.3, 0.4) is 0 Å². The minimum absolute atomic E-state index is 0.199. The molecule has 1 saturated heterocycles. The largest absolute Gasteiger partial charge is 0.464 e. The number of H-pyrrole nitrogens is 1. The van der Waals surface area contributed by atoms with E-state index in [2.05, 4.69) is 25.3 Å². The third kappa shape index (κ3) is 2.78. The third-order valence-corrected chi connectivity index (χ3v) is 2.28. The van der Waals surface area contributed by atoms with Crippen LogP contribution in [0.1, 0.15) is 10.5 Å². The highest BCUT2D eigenvalue weighted by Crippen LogP contribution is 2.17. The van der Waals surface area contributed by atoms with Crippen LogP contribution in [0.5, 0.6) is 0 Å². The summed E-state index contributed by atoms with van der Waals surface area (Å²) < 4.78 is 9.76. The van der Waals surface area contributed by atoms with Crippen molar-refractivity contribution in [2.45, 2.75) is 0 Å². The molecule has 1 aromatic rings. The van der Waals surface area contributed by atoms with Crippen molar-refractivity contribution in [3.8, 4) is 0 Å². The number of rotatable bonds is 3. The van der Waals surface area contributed by atoms with E-state index >= 15 is 0 Å². The molecule has 0 bridgehead atoms. The maximum absolute atomic E-state index is 11.3. The Morgan fingerprint density at radius 3 is 3.06 bits per heavy atom. The Hall–Kier alpha value is -1.96. The fourth-order valence-corrected chi connectivity index (χ4v) is 1.36. The highest BCUT2D eigenvalue weighted by molar-refractivity contribution is 5.92. The summed E-state index contributed by atoms with van der Waals surface area (Å²) in [6.45, 7) is 2.65. The Bertz CT molecular complexity index is 411. The number of esters is 1. The van der Waals surface area contributed by atoms with E-state index in [4.69, 9.17) is 4.74 Å². The lowest BCUT2D eigenvalue weighted by Crippen LogP contribution is -2.31. The van der Waals surface area contributed by atoms with Crippen LogP contribution in [-0.2, 0) is 9.47 Å². The first-order valence-electron chi connectivity index (χ1n) is 5.17. The maximum Gasteiger partial charge on any atom is 0.358 e. The fourth-order valence-electron chi connectivity index (χ4n) is 1.36. The topological polar surface area (TPSA) is 92.2 Å². The van der Waals surface area contributed by atoms with Crippen molar-refractivity contribution in [1.82, 2.24) is 15.2 Å². The van der Waals surface area contributed by atoms with Gasteiger partial charge in [-0.2, -0.15) is 5.10 Å². The number of carbonyl (C=O) groups is 1. The minimum atomic E-state index is -0.515. The number of nitrogens with one attached hydrogen (secondary N) is 1. The number of nitrogens with zero attached hydrogens (tertiary/aromatic N) is 4.